The third-order valence-electron chi connectivity index (χ3n) is 4.66. The van der Waals surface area contributed by atoms with Crippen molar-refractivity contribution < 1.29 is 21.9 Å². The molecule has 22 heavy (non-hydrogen) atoms. The van der Waals surface area contributed by atoms with E-state index in [1.807, 2.05) is 0 Å². The number of alkyl halides is 2. The van der Waals surface area contributed by atoms with Gasteiger partial charge in [-0.25, -0.2) is 8.42 Å². The molecular weight excluding hydrogens is 312 g/mol. The molecule has 1 saturated carbocycles. The topological polar surface area (TPSA) is 46.6 Å². The molecular formula is C15H19F2NO3S. The van der Waals surface area contributed by atoms with Crippen LogP contribution in [0.2, 0.25) is 0 Å². The van der Waals surface area contributed by atoms with Crippen molar-refractivity contribution in [2.45, 2.75) is 37.7 Å². The predicted molar refractivity (Wildman–Crippen MR) is 77.3 cm³/mol. The van der Waals surface area contributed by atoms with Gasteiger partial charge in [0, 0.05) is 13.1 Å². The van der Waals surface area contributed by atoms with Crippen LogP contribution < -0.4 is 4.74 Å². The zero-order chi connectivity index (χ0) is 16.0. The molecule has 1 aromatic rings. The lowest BCUT2D eigenvalue weighted by Gasteiger charge is -2.47. The number of halogens is 2. The van der Waals surface area contributed by atoms with E-state index in [1.165, 1.54) is 28.6 Å². The van der Waals surface area contributed by atoms with Gasteiger partial charge in [0.25, 0.3) is 0 Å². The van der Waals surface area contributed by atoms with Crippen molar-refractivity contribution >= 4 is 10.0 Å². The lowest BCUT2D eigenvalue weighted by Crippen LogP contribution is -2.57. The quantitative estimate of drug-likeness (QED) is 0.852. The summed E-state index contributed by atoms with van der Waals surface area (Å²) in [5.74, 6) is 0.620. The van der Waals surface area contributed by atoms with Gasteiger partial charge in [0.1, 0.15) is 5.75 Å². The predicted octanol–water partition coefficient (Wildman–Crippen LogP) is 3.10. The Labute approximate surface area is 129 Å². The summed E-state index contributed by atoms with van der Waals surface area (Å²) in [7, 11) is -3.54. The van der Waals surface area contributed by atoms with Gasteiger partial charge in [-0.1, -0.05) is 13.3 Å². The molecule has 122 valence electrons. The van der Waals surface area contributed by atoms with Gasteiger partial charge in [-0.3, -0.25) is 0 Å². The highest BCUT2D eigenvalue weighted by atomic mass is 32.2. The molecule has 1 unspecified atom stereocenters. The minimum Gasteiger partial charge on any atom is -0.435 e. The number of hydrogen-bond donors (Lipinski definition) is 0. The van der Waals surface area contributed by atoms with Crippen LogP contribution in [0, 0.1) is 11.3 Å². The summed E-state index contributed by atoms with van der Waals surface area (Å²) in [4.78, 5) is 0.120. The first kappa shape index (κ1) is 15.7. The zero-order valence-electron chi connectivity index (χ0n) is 12.3. The molecule has 1 aliphatic heterocycles. The molecule has 0 aromatic heterocycles. The highest BCUT2D eigenvalue weighted by Gasteiger charge is 2.51. The molecule has 0 radical (unpaired) electrons. The smallest absolute Gasteiger partial charge is 0.387 e. The Morgan fingerprint density at radius 3 is 2.41 bits per heavy atom. The maximum atomic E-state index is 12.5. The molecule has 0 bridgehead atoms. The van der Waals surface area contributed by atoms with Crippen LogP contribution in [0.3, 0.4) is 0 Å². The molecule has 2 fully saturated rings. The molecule has 3 rings (SSSR count). The number of benzene rings is 1. The van der Waals surface area contributed by atoms with E-state index in [9.17, 15) is 17.2 Å². The van der Waals surface area contributed by atoms with Crippen molar-refractivity contribution in [2.75, 3.05) is 13.1 Å². The van der Waals surface area contributed by atoms with Crippen molar-refractivity contribution in [1.82, 2.24) is 4.31 Å². The number of rotatable bonds is 4. The molecule has 1 heterocycles. The van der Waals surface area contributed by atoms with Crippen LogP contribution in [-0.2, 0) is 10.0 Å². The summed E-state index contributed by atoms with van der Waals surface area (Å²) in [6, 6.07) is 5.14. The Morgan fingerprint density at radius 1 is 1.27 bits per heavy atom. The Hall–Kier alpha value is -1.21. The molecule has 1 atom stereocenters. The molecule has 0 N–H and O–H groups in total. The second-order valence-electron chi connectivity index (χ2n) is 6.47. The monoisotopic (exact) mass is 331 g/mol. The van der Waals surface area contributed by atoms with Crippen LogP contribution in [0.4, 0.5) is 8.78 Å². The summed E-state index contributed by atoms with van der Waals surface area (Å²) in [5.41, 5.74) is 0.158. The Balaban J connectivity index is 1.69. The first-order valence-electron chi connectivity index (χ1n) is 7.36. The van der Waals surface area contributed by atoms with Gasteiger partial charge in [0.15, 0.2) is 0 Å². The van der Waals surface area contributed by atoms with Crippen molar-refractivity contribution in [2.24, 2.45) is 11.3 Å². The van der Waals surface area contributed by atoms with E-state index in [0.29, 0.717) is 19.0 Å². The van der Waals surface area contributed by atoms with Crippen LogP contribution in [0.5, 0.6) is 5.75 Å². The molecule has 7 heteroatoms. The van der Waals surface area contributed by atoms with E-state index in [-0.39, 0.29) is 16.1 Å². The lowest BCUT2D eigenvalue weighted by molar-refractivity contribution is -0.0498. The summed E-state index contributed by atoms with van der Waals surface area (Å²) >= 11 is 0. The Bertz CT molecular complexity index is 639. The molecule has 1 aliphatic carbocycles. The normalized spacial score (nSPS) is 24.6. The number of nitrogens with zero attached hydrogens (tertiary/aromatic N) is 1. The number of sulfonamides is 1. The van der Waals surface area contributed by atoms with Crippen LogP contribution >= 0.6 is 0 Å². The SMILES string of the molecule is CC1CCC2(C1)CN(S(=O)(=O)c1ccc(OC(F)F)cc1)C2. The van der Waals surface area contributed by atoms with Gasteiger partial charge in [0.2, 0.25) is 10.0 Å². The molecule has 2 aliphatic rings. The van der Waals surface area contributed by atoms with Crippen molar-refractivity contribution in [3.8, 4) is 5.75 Å². The first-order chi connectivity index (χ1) is 10.3. The molecule has 1 saturated heterocycles. The lowest BCUT2D eigenvalue weighted by atomic mass is 9.79. The summed E-state index contributed by atoms with van der Waals surface area (Å²) in [5, 5.41) is 0. The minimum absolute atomic E-state index is 0.0429. The average Bonchev–Trinajstić information content (AvgIpc) is 2.79. The summed E-state index contributed by atoms with van der Waals surface area (Å²) in [6.45, 7) is 0.416. The van der Waals surface area contributed by atoms with Gasteiger partial charge >= 0.3 is 6.61 Å². The Kier molecular flexibility index (Phi) is 3.89. The van der Waals surface area contributed by atoms with E-state index in [1.54, 1.807) is 0 Å². The van der Waals surface area contributed by atoms with Gasteiger partial charge in [-0.05, 0) is 48.4 Å². The fraction of sp³-hybridized carbons (Fsp3) is 0.600. The Morgan fingerprint density at radius 2 is 1.91 bits per heavy atom. The van der Waals surface area contributed by atoms with Gasteiger partial charge in [0.05, 0.1) is 4.90 Å². The summed E-state index contributed by atoms with van der Waals surface area (Å²) in [6.07, 6.45) is 3.33. The van der Waals surface area contributed by atoms with Crippen LogP contribution in [0.25, 0.3) is 0 Å². The second kappa shape index (κ2) is 5.45. The van der Waals surface area contributed by atoms with E-state index in [2.05, 4.69) is 11.7 Å². The third kappa shape index (κ3) is 2.84. The van der Waals surface area contributed by atoms with E-state index >= 15 is 0 Å². The summed E-state index contributed by atoms with van der Waals surface area (Å²) < 4.78 is 54.9. The van der Waals surface area contributed by atoms with Crippen LogP contribution in [0.1, 0.15) is 26.2 Å². The van der Waals surface area contributed by atoms with Gasteiger partial charge < -0.3 is 4.74 Å². The van der Waals surface area contributed by atoms with Crippen molar-refractivity contribution in [1.29, 1.82) is 0 Å². The maximum Gasteiger partial charge on any atom is 0.387 e. The highest BCUT2D eigenvalue weighted by Crippen LogP contribution is 2.49. The maximum absolute atomic E-state index is 12.5. The standard InChI is InChI=1S/C15H19F2NO3S/c1-11-6-7-15(8-11)9-18(10-15)22(19,20)13-4-2-12(3-5-13)21-14(16)17/h2-5,11,14H,6-10H2,1H3. The van der Waals surface area contributed by atoms with E-state index < -0.39 is 16.6 Å². The van der Waals surface area contributed by atoms with Gasteiger partial charge in [-0.2, -0.15) is 13.1 Å². The van der Waals surface area contributed by atoms with Crippen LogP contribution in [0.15, 0.2) is 29.2 Å². The van der Waals surface area contributed by atoms with Crippen molar-refractivity contribution in [3.05, 3.63) is 24.3 Å². The molecule has 4 nitrogen and oxygen atoms in total. The number of ether oxygens (including phenoxy) is 1. The third-order valence-corrected chi connectivity index (χ3v) is 6.47. The molecule has 0 amide bonds. The number of hydrogen-bond acceptors (Lipinski definition) is 3. The van der Waals surface area contributed by atoms with Crippen molar-refractivity contribution in [3.63, 3.8) is 0 Å². The molecule has 1 aromatic carbocycles. The minimum atomic E-state index is -3.54. The molecule has 1 spiro atoms. The fourth-order valence-electron chi connectivity index (χ4n) is 3.60. The average molecular weight is 331 g/mol. The largest absolute Gasteiger partial charge is 0.435 e. The highest BCUT2D eigenvalue weighted by molar-refractivity contribution is 7.89. The first-order valence-corrected chi connectivity index (χ1v) is 8.80. The fourth-order valence-corrected chi connectivity index (χ4v) is 5.26. The van der Waals surface area contributed by atoms with Crippen LogP contribution in [-0.4, -0.2) is 32.4 Å². The zero-order valence-corrected chi connectivity index (χ0v) is 13.2. The van der Waals surface area contributed by atoms with E-state index in [4.69, 9.17) is 0 Å². The second-order valence-corrected chi connectivity index (χ2v) is 8.41. The van der Waals surface area contributed by atoms with Gasteiger partial charge in [-0.15, -0.1) is 0 Å². The van der Waals surface area contributed by atoms with E-state index in [0.717, 1.165) is 19.3 Å².